The molecule has 1 heterocycles. The van der Waals surface area contributed by atoms with Gasteiger partial charge in [-0.2, -0.15) is 0 Å². The van der Waals surface area contributed by atoms with Gasteiger partial charge < -0.3 is 10.2 Å². The summed E-state index contributed by atoms with van der Waals surface area (Å²) >= 11 is 0. The minimum absolute atomic E-state index is 0.542. The van der Waals surface area contributed by atoms with E-state index in [1.807, 2.05) is 0 Å². The molecule has 18 heavy (non-hydrogen) atoms. The Morgan fingerprint density at radius 3 is 2.56 bits per heavy atom. The van der Waals surface area contributed by atoms with Crippen LogP contribution >= 0.6 is 0 Å². The normalized spacial score (nSPS) is 16.3. The number of anilines is 1. The second-order valence-corrected chi connectivity index (χ2v) is 5.72. The first-order valence-electron chi connectivity index (χ1n) is 7.24. The lowest BCUT2D eigenvalue weighted by atomic mass is 10.0. The molecule has 0 bridgehead atoms. The molecule has 2 rings (SSSR count). The molecule has 1 fully saturated rings. The van der Waals surface area contributed by atoms with Gasteiger partial charge in [-0.1, -0.05) is 26.0 Å². The zero-order valence-electron chi connectivity index (χ0n) is 12.0. The maximum atomic E-state index is 3.53. The molecule has 0 spiro atoms. The van der Waals surface area contributed by atoms with E-state index >= 15 is 0 Å². The summed E-state index contributed by atoms with van der Waals surface area (Å²) in [5.41, 5.74) is 4.25. The van der Waals surface area contributed by atoms with Crippen LogP contribution in [0, 0.1) is 6.92 Å². The van der Waals surface area contributed by atoms with Crippen molar-refractivity contribution in [3.05, 3.63) is 29.3 Å². The third kappa shape index (κ3) is 3.49. The van der Waals surface area contributed by atoms with Crippen molar-refractivity contribution in [2.24, 2.45) is 0 Å². The van der Waals surface area contributed by atoms with Gasteiger partial charge in [-0.15, -0.1) is 0 Å². The highest BCUT2D eigenvalue weighted by Crippen LogP contribution is 2.25. The number of piperidine rings is 1. The minimum Gasteiger partial charge on any atom is -0.371 e. The van der Waals surface area contributed by atoms with Crippen LogP contribution in [-0.4, -0.2) is 19.1 Å². The Balaban J connectivity index is 2.16. The van der Waals surface area contributed by atoms with Gasteiger partial charge in [0.2, 0.25) is 0 Å². The summed E-state index contributed by atoms with van der Waals surface area (Å²) in [5, 5.41) is 3.53. The van der Waals surface area contributed by atoms with Crippen molar-refractivity contribution in [3.8, 4) is 0 Å². The summed E-state index contributed by atoms with van der Waals surface area (Å²) in [6.45, 7) is 10.0. The van der Waals surface area contributed by atoms with E-state index in [4.69, 9.17) is 0 Å². The number of rotatable bonds is 4. The second-order valence-electron chi connectivity index (χ2n) is 5.72. The highest BCUT2D eigenvalue weighted by atomic mass is 15.1. The molecule has 1 N–H and O–H groups in total. The van der Waals surface area contributed by atoms with Crippen LogP contribution in [-0.2, 0) is 6.54 Å². The molecule has 1 aromatic carbocycles. The van der Waals surface area contributed by atoms with Crippen LogP contribution in [0.25, 0.3) is 0 Å². The SMILES string of the molecule is Cc1ccc(CNC(C)C)c(N2CCCCC2)c1. The molecule has 1 saturated heterocycles. The summed E-state index contributed by atoms with van der Waals surface area (Å²) in [6.07, 6.45) is 4.07. The molecule has 0 amide bonds. The highest BCUT2D eigenvalue weighted by Gasteiger charge is 2.14. The van der Waals surface area contributed by atoms with Gasteiger partial charge in [0.05, 0.1) is 0 Å². The van der Waals surface area contributed by atoms with E-state index in [9.17, 15) is 0 Å². The molecular formula is C16H26N2. The zero-order chi connectivity index (χ0) is 13.0. The Bertz CT molecular complexity index is 379. The van der Waals surface area contributed by atoms with Crippen molar-refractivity contribution >= 4 is 5.69 Å². The van der Waals surface area contributed by atoms with Gasteiger partial charge >= 0.3 is 0 Å². The molecule has 0 aromatic heterocycles. The fraction of sp³-hybridized carbons (Fsp3) is 0.625. The molecule has 0 saturated carbocycles. The molecule has 0 radical (unpaired) electrons. The van der Waals surface area contributed by atoms with E-state index in [1.165, 1.54) is 49.2 Å². The van der Waals surface area contributed by atoms with E-state index < -0.39 is 0 Å². The Kier molecular flexibility index (Phi) is 4.65. The van der Waals surface area contributed by atoms with Gasteiger partial charge in [0.1, 0.15) is 0 Å². The molecule has 0 aliphatic carbocycles. The Morgan fingerprint density at radius 2 is 1.89 bits per heavy atom. The topological polar surface area (TPSA) is 15.3 Å². The van der Waals surface area contributed by atoms with Gasteiger partial charge in [0.25, 0.3) is 0 Å². The van der Waals surface area contributed by atoms with Gasteiger partial charge in [0.15, 0.2) is 0 Å². The molecule has 2 nitrogen and oxygen atoms in total. The number of nitrogens with one attached hydrogen (secondary N) is 1. The number of nitrogens with zero attached hydrogens (tertiary/aromatic N) is 1. The van der Waals surface area contributed by atoms with Gasteiger partial charge in [0, 0.05) is 31.4 Å². The van der Waals surface area contributed by atoms with Gasteiger partial charge in [-0.3, -0.25) is 0 Å². The van der Waals surface area contributed by atoms with Crippen molar-refractivity contribution in [2.45, 2.75) is 52.6 Å². The van der Waals surface area contributed by atoms with E-state index in [0.29, 0.717) is 6.04 Å². The van der Waals surface area contributed by atoms with Crippen LogP contribution < -0.4 is 10.2 Å². The Morgan fingerprint density at radius 1 is 1.17 bits per heavy atom. The van der Waals surface area contributed by atoms with E-state index in [0.717, 1.165) is 6.54 Å². The second kappa shape index (κ2) is 6.24. The van der Waals surface area contributed by atoms with Crippen LogP contribution in [0.3, 0.4) is 0 Å². The summed E-state index contributed by atoms with van der Waals surface area (Å²) in [7, 11) is 0. The van der Waals surface area contributed by atoms with Crippen LogP contribution in [0.5, 0.6) is 0 Å². The Hall–Kier alpha value is -1.02. The summed E-state index contributed by atoms with van der Waals surface area (Å²) in [6, 6.07) is 7.41. The molecule has 0 unspecified atom stereocenters. The molecule has 1 aliphatic heterocycles. The quantitative estimate of drug-likeness (QED) is 0.875. The third-order valence-electron chi connectivity index (χ3n) is 3.64. The number of benzene rings is 1. The molecule has 0 atom stereocenters. The maximum absolute atomic E-state index is 3.53. The van der Waals surface area contributed by atoms with E-state index in [2.05, 4.69) is 49.2 Å². The van der Waals surface area contributed by atoms with Crippen LogP contribution in [0.15, 0.2) is 18.2 Å². The molecular weight excluding hydrogens is 220 g/mol. The fourth-order valence-electron chi connectivity index (χ4n) is 2.57. The lowest BCUT2D eigenvalue weighted by molar-refractivity contribution is 0.566. The molecule has 100 valence electrons. The smallest absolute Gasteiger partial charge is 0.0414 e. The first kappa shape index (κ1) is 13.4. The lowest BCUT2D eigenvalue weighted by Gasteiger charge is -2.31. The average Bonchev–Trinajstić information content (AvgIpc) is 2.38. The summed E-state index contributed by atoms with van der Waals surface area (Å²) in [4.78, 5) is 2.56. The van der Waals surface area contributed by atoms with Crippen molar-refractivity contribution in [2.75, 3.05) is 18.0 Å². The van der Waals surface area contributed by atoms with Crippen molar-refractivity contribution in [1.29, 1.82) is 0 Å². The molecule has 1 aliphatic rings. The average molecular weight is 246 g/mol. The maximum Gasteiger partial charge on any atom is 0.0414 e. The van der Waals surface area contributed by atoms with Crippen molar-refractivity contribution in [3.63, 3.8) is 0 Å². The molecule has 1 aromatic rings. The number of hydrogen-bond donors (Lipinski definition) is 1. The minimum atomic E-state index is 0.542. The van der Waals surface area contributed by atoms with Crippen molar-refractivity contribution < 1.29 is 0 Å². The predicted octanol–water partition coefficient (Wildman–Crippen LogP) is 3.48. The standard InChI is InChI=1S/C16H26N2/c1-13(2)17-12-15-8-7-14(3)11-16(15)18-9-5-4-6-10-18/h7-8,11,13,17H,4-6,9-10,12H2,1-3H3. The first-order valence-corrected chi connectivity index (χ1v) is 7.24. The van der Waals surface area contributed by atoms with Crippen molar-refractivity contribution in [1.82, 2.24) is 5.32 Å². The van der Waals surface area contributed by atoms with E-state index in [1.54, 1.807) is 0 Å². The van der Waals surface area contributed by atoms with E-state index in [-0.39, 0.29) is 0 Å². The van der Waals surface area contributed by atoms with Gasteiger partial charge in [-0.05, 0) is 43.4 Å². The predicted molar refractivity (Wildman–Crippen MR) is 79.2 cm³/mol. The first-order chi connectivity index (χ1) is 8.66. The summed E-state index contributed by atoms with van der Waals surface area (Å²) in [5.74, 6) is 0. The summed E-state index contributed by atoms with van der Waals surface area (Å²) < 4.78 is 0. The van der Waals surface area contributed by atoms with Crippen LogP contribution in [0.2, 0.25) is 0 Å². The monoisotopic (exact) mass is 246 g/mol. The third-order valence-corrected chi connectivity index (χ3v) is 3.64. The van der Waals surface area contributed by atoms with Crippen LogP contribution in [0.4, 0.5) is 5.69 Å². The highest BCUT2D eigenvalue weighted by molar-refractivity contribution is 5.55. The zero-order valence-corrected chi connectivity index (χ0v) is 12.0. The largest absolute Gasteiger partial charge is 0.371 e. The van der Waals surface area contributed by atoms with Gasteiger partial charge in [-0.25, -0.2) is 0 Å². The lowest BCUT2D eigenvalue weighted by Crippen LogP contribution is -2.31. The number of hydrogen-bond acceptors (Lipinski definition) is 2. The van der Waals surface area contributed by atoms with Crippen LogP contribution in [0.1, 0.15) is 44.2 Å². The molecule has 2 heteroatoms. The number of aryl methyl sites for hydroxylation is 1. The Labute approximate surface area is 111 Å². The fourth-order valence-corrected chi connectivity index (χ4v) is 2.57.